The number of aromatic nitrogens is 1. The Hall–Kier alpha value is -1.83. The van der Waals surface area contributed by atoms with Gasteiger partial charge in [-0.15, -0.1) is 13.2 Å². The molecule has 0 aliphatic rings. The molecule has 0 fully saturated rings. The topological polar surface area (TPSA) is 91.2 Å². The van der Waals surface area contributed by atoms with Crippen LogP contribution in [0.15, 0.2) is 6.07 Å². The number of hydrogen-bond acceptors (Lipinski definition) is 5. The molecule has 16 heavy (non-hydrogen) atoms. The van der Waals surface area contributed by atoms with Crippen LogP contribution in [0.25, 0.3) is 0 Å². The lowest BCUT2D eigenvalue weighted by atomic mass is 10.2. The van der Waals surface area contributed by atoms with Crippen LogP contribution >= 0.6 is 0 Å². The third-order valence-electron chi connectivity index (χ3n) is 1.68. The Kier molecular flexibility index (Phi) is 3.33. The zero-order chi connectivity index (χ0) is 12.3. The highest BCUT2D eigenvalue weighted by atomic mass is 19.4. The van der Waals surface area contributed by atoms with Crippen molar-refractivity contribution in [2.24, 2.45) is 5.73 Å². The van der Waals surface area contributed by atoms with Crippen molar-refractivity contribution in [2.45, 2.75) is 12.9 Å². The molecule has 4 N–H and O–H groups in total. The number of ether oxygens (including phenoxy) is 1. The van der Waals surface area contributed by atoms with Crippen molar-refractivity contribution >= 4 is 12.1 Å². The van der Waals surface area contributed by atoms with Crippen LogP contribution < -0.4 is 16.2 Å². The summed E-state index contributed by atoms with van der Waals surface area (Å²) in [5, 5.41) is 0. The quantitative estimate of drug-likeness (QED) is 0.757. The Bertz CT molecular complexity index is 406. The highest BCUT2D eigenvalue weighted by Crippen LogP contribution is 2.27. The van der Waals surface area contributed by atoms with E-state index in [0.717, 1.165) is 6.07 Å². The molecular weight excluding hydrogens is 227 g/mol. The summed E-state index contributed by atoms with van der Waals surface area (Å²) in [4.78, 5) is 13.9. The smallest absolute Gasteiger partial charge is 0.403 e. The second-order valence-corrected chi connectivity index (χ2v) is 2.79. The zero-order valence-corrected chi connectivity index (χ0v) is 7.91. The molecule has 0 atom stereocenters. The molecule has 1 aromatic heterocycles. The summed E-state index contributed by atoms with van der Waals surface area (Å²) in [6, 6.07) is 0.944. The van der Waals surface area contributed by atoms with Crippen molar-refractivity contribution in [1.29, 1.82) is 0 Å². The lowest BCUT2D eigenvalue weighted by molar-refractivity contribution is -0.274. The van der Waals surface area contributed by atoms with Crippen molar-refractivity contribution in [3.8, 4) is 5.75 Å². The van der Waals surface area contributed by atoms with Gasteiger partial charge >= 0.3 is 6.36 Å². The maximum atomic E-state index is 12.0. The number of carbonyl (C=O) groups excluding carboxylic acids is 1. The first kappa shape index (κ1) is 12.2. The van der Waals surface area contributed by atoms with Gasteiger partial charge in [0.25, 0.3) is 0 Å². The van der Waals surface area contributed by atoms with E-state index in [4.69, 9.17) is 11.5 Å². The fourth-order valence-electron chi connectivity index (χ4n) is 1.02. The highest BCUT2D eigenvalue weighted by molar-refractivity contribution is 5.77. The summed E-state index contributed by atoms with van der Waals surface area (Å²) in [5.41, 5.74) is 10.2. The lowest BCUT2D eigenvalue weighted by Gasteiger charge is -2.12. The summed E-state index contributed by atoms with van der Waals surface area (Å²) in [6.45, 7) is -0.105. The SMILES string of the molecule is NCc1cc(OC(F)(F)F)c(C=O)nc1N. The molecule has 0 amide bonds. The van der Waals surface area contributed by atoms with E-state index < -0.39 is 17.8 Å². The molecular formula is C8H8F3N3O2. The summed E-state index contributed by atoms with van der Waals surface area (Å²) < 4.78 is 39.5. The van der Waals surface area contributed by atoms with Crippen LogP contribution in [0.2, 0.25) is 0 Å². The first-order valence-electron chi connectivity index (χ1n) is 4.07. The van der Waals surface area contributed by atoms with Crippen LogP contribution in [0.5, 0.6) is 5.75 Å². The molecule has 0 unspecified atom stereocenters. The molecule has 0 aliphatic carbocycles. The standard InChI is InChI=1S/C8H8F3N3O2/c9-8(10,11)16-6-1-4(2-12)7(13)14-5(6)3-15/h1,3H,2,12H2,(H2,13,14). The van der Waals surface area contributed by atoms with Crippen LogP contribution in [0.4, 0.5) is 19.0 Å². The lowest BCUT2D eigenvalue weighted by Crippen LogP contribution is -2.19. The molecule has 88 valence electrons. The number of nitrogen functional groups attached to an aromatic ring is 1. The molecule has 1 aromatic rings. The summed E-state index contributed by atoms with van der Waals surface area (Å²) in [6.07, 6.45) is -4.78. The monoisotopic (exact) mass is 235 g/mol. The Balaban J connectivity index is 3.20. The van der Waals surface area contributed by atoms with E-state index in [1.54, 1.807) is 0 Å². The van der Waals surface area contributed by atoms with Gasteiger partial charge in [-0.1, -0.05) is 0 Å². The van der Waals surface area contributed by atoms with Gasteiger partial charge in [0.2, 0.25) is 0 Å². The number of aldehydes is 1. The third-order valence-corrected chi connectivity index (χ3v) is 1.68. The summed E-state index contributed by atoms with van der Waals surface area (Å²) in [5.74, 6) is -0.809. The largest absolute Gasteiger partial charge is 0.573 e. The van der Waals surface area contributed by atoms with Crippen molar-refractivity contribution in [2.75, 3.05) is 5.73 Å². The van der Waals surface area contributed by atoms with E-state index in [1.165, 1.54) is 0 Å². The molecule has 0 bridgehead atoms. The van der Waals surface area contributed by atoms with Crippen molar-refractivity contribution in [3.63, 3.8) is 0 Å². The van der Waals surface area contributed by atoms with E-state index in [9.17, 15) is 18.0 Å². The van der Waals surface area contributed by atoms with Crippen LogP contribution in [-0.4, -0.2) is 17.6 Å². The fourth-order valence-corrected chi connectivity index (χ4v) is 1.02. The maximum Gasteiger partial charge on any atom is 0.573 e. The van der Waals surface area contributed by atoms with Gasteiger partial charge in [-0.3, -0.25) is 4.79 Å². The van der Waals surface area contributed by atoms with Crippen LogP contribution in [0.3, 0.4) is 0 Å². The van der Waals surface area contributed by atoms with Gasteiger partial charge in [0.1, 0.15) is 11.5 Å². The maximum absolute atomic E-state index is 12.0. The minimum absolute atomic E-state index is 0.0980. The molecule has 8 heteroatoms. The number of nitrogens with two attached hydrogens (primary N) is 2. The molecule has 0 aromatic carbocycles. The molecule has 5 nitrogen and oxygen atoms in total. The molecule has 1 heterocycles. The Labute approximate surface area is 88.2 Å². The molecule has 0 saturated carbocycles. The second kappa shape index (κ2) is 4.35. The molecule has 0 aliphatic heterocycles. The van der Waals surface area contributed by atoms with Crippen molar-refractivity contribution in [3.05, 3.63) is 17.3 Å². The van der Waals surface area contributed by atoms with Crippen LogP contribution in [0, 0.1) is 0 Å². The summed E-state index contributed by atoms with van der Waals surface area (Å²) in [7, 11) is 0. The number of hydrogen-bond donors (Lipinski definition) is 2. The number of pyridine rings is 1. The third kappa shape index (κ3) is 2.83. The van der Waals surface area contributed by atoms with Crippen LogP contribution in [-0.2, 0) is 6.54 Å². The van der Waals surface area contributed by atoms with Crippen molar-refractivity contribution in [1.82, 2.24) is 4.98 Å². The minimum atomic E-state index is -4.90. The number of halogens is 3. The van der Waals surface area contributed by atoms with Gasteiger partial charge in [0, 0.05) is 12.1 Å². The Morgan fingerprint density at radius 2 is 2.12 bits per heavy atom. The van der Waals surface area contributed by atoms with E-state index in [2.05, 4.69) is 9.72 Å². The fraction of sp³-hybridized carbons (Fsp3) is 0.250. The number of nitrogens with zero attached hydrogens (tertiary/aromatic N) is 1. The van der Waals surface area contributed by atoms with E-state index in [1.807, 2.05) is 0 Å². The predicted octanol–water partition coefficient (Wildman–Crippen LogP) is 0.834. The molecule has 0 radical (unpaired) electrons. The number of carbonyl (C=O) groups is 1. The molecule has 0 spiro atoms. The number of rotatable bonds is 3. The van der Waals surface area contributed by atoms with Gasteiger partial charge < -0.3 is 16.2 Å². The Morgan fingerprint density at radius 3 is 2.56 bits per heavy atom. The average Bonchev–Trinajstić information content (AvgIpc) is 2.18. The van der Waals surface area contributed by atoms with Gasteiger partial charge in [-0.05, 0) is 6.07 Å². The minimum Gasteiger partial charge on any atom is -0.403 e. The van der Waals surface area contributed by atoms with Crippen molar-refractivity contribution < 1.29 is 22.7 Å². The first-order valence-corrected chi connectivity index (χ1v) is 4.07. The van der Waals surface area contributed by atoms with Gasteiger partial charge in [0.15, 0.2) is 12.0 Å². The van der Waals surface area contributed by atoms with E-state index >= 15 is 0 Å². The van der Waals surface area contributed by atoms with Gasteiger partial charge in [-0.25, -0.2) is 4.98 Å². The zero-order valence-electron chi connectivity index (χ0n) is 7.91. The number of alkyl halides is 3. The molecule has 0 saturated heterocycles. The normalized spacial score (nSPS) is 11.2. The van der Waals surface area contributed by atoms with Crippen LogP contribution in [0.1, 0.15) is 16.1 Å². The molecule has 1 rings (SSSR count). The highest BCUT2D eigenvalue weighted by Gasteiger charge is 2.32. The predicted molar refractivity (Wildman–Crippen MR) is 48.6 cm³/mol. The summed E-state index contributed by atoms with van der Waals surface area (Å²) >= 11 is 0. The number of anilines is 1. The second-order valence-electron chi connectivity index (χ2n) is 2.79. The van der Waals surface area contributed by atoms with E-state index in [-0.39, 0.29) is 24.2 Å². The van der Waals surface area contributed by atoms with Gasteiger partial charge in [-0.2, -0.15) is 0 Å². The Morgan fingerprint density at radius 1 is 1.50 bits per heavy atom. The van der Waals surface area contributed by atoms with Gasteiger partial charge in [0.05, 0.1) is 0 Å². The first-order chi connectivity index (χ1) is 7.37. The average molecular weight is 235 g/mol. The van der Waals surface area contributed by atoms with E-state index in [0.29, 0.717) is 0 Å².